The first kappa shape index (κ1) is 18.3. The fourth-order valence-corrected chi connectivity index (χ4v) is 1.98. The zero-order valence-electron chi connectivity index (χ0n) is 13.7. The molecule has 134 valence electrons. The van der Waals surface area contributed by atoms with Crippen LogP contribution >= 0.6 is 0 Å². The lowest BCUT2D eigenvalue weighted by Crippen LogP contribution is -2.26. The number of nitrogens with one attached hydrogen (secondary N) is 1. The number of amides is 1. The molecule has 1 aromatic heterocycles. The van der Waals surface area contributed by atoms with E-state index in [0.29, 0.717) is 17.1 Å². The molecule has 0 saturated carbocycles. The van der Waals surface area contributed by atoms with Crippen molar-refractivity contribution >= 4 is 17.7 Å². The smallest absolute Gasteiger partial charge is 0.337 e. The van der Waals surface area contributed by atoms with Crippen molar-refractivity contribution < 1.29 is 24.2 Å². The van der Waals surface area contributed by atoms with Crippen LogP contribution in [0.4, 0.5) is 5.82 Å². The standard InChI is InChI=1S/C16H20N4O5/c1-24-16(23)11-2-4-13(5-3-11)25-10-12(21)8-18-15-6-7-20(19-15)9-14(17)22/h2-7,12,21H,8-10H2,1H3,(H2,17,22)(H,18,19). The number of hydrogen-bond acceptors (Lipinski definition) is 7. The van der Waals surface area contributed by atoms with E-state index in [1.54, 1.807) is 36.5 Å². The molecular formula is C16H20N4O5. The Morgan fingerprint density at radius 2 is 2.04 bits per heavy atom. The van der Waals surface area contributed by atoms with Gasteiger partial charge in [0.15, 0.2) is 0 Å². The lowest BCUT2D eigenvalue weighted by molar-refractivity contribution is -0.118. The number of aromatic nitrogens is 2. The van der Waals surface area contributed by atoms with Crippen LogP contribution < -0.4 is 15.8 Å². The molecule has 0 bridgehead atoms. The Labute approximate surface area is 144 Å². The fourth-order valence-electron chi connectivity index (χ4n) is 1.98. The van der Waals surface area contributed by atoms with E-state index >= 15 is 0 Å². The SMILES string of the molecule is COC(=O)c1ccc(OCC(O)CNc2ccn(CC(N)=O)n2)cc1. The molecule has 0 aliphatic heterocycles. The maximum absolute atomic E-state index is 11.3. The number of hydrogen-bond donors (Lipinski definition) is 3. The van der Waals surface area contributed by atoms with Gasteiger partial charge < -0.3 is 25.6 Å². The van der Waals surface area contributed by atoms with Crippen molar-refractivity contribution in [1.82, 2.24) is 9.78 Å². The van der Waals surface area contributed by atoms with Gasteiger partial charge in [-0.2, -0.15) is 5.10 Å². The molecule has 25 heavy (non-hydrogen) atoms. The second-order valence-corrected chi connectivity index (χ2v) is 5.23. The molecule has 1 aromatic carbocycles. The first-order chi connectivity index (χ1) is 12.0. The second kappa shape index (κ2) is 8.69. The number of anilines is 1. The minimum Gasteiger partial charge on any atom is -0.491 e. The van der Waals surface area contributed by atoms with E-state index in [0.717, 1.165) is 0 Å². The van der Waals surface area contributed by atoms with E-state index in [4.69, 9.17) is 10.5 Å². The number of rotatable bonds is 9. The minimum atomic E-state index is -0.776. The number of carbonyl (C=O) groups excluding carboxylic acids is 2. The van der Waals surface area contributed by atoms with E-state index in [2.05, 4.69) is 15.2 Å². The number of benzene rings is 1. The van der Waals surface area contributed by atoms with Crippen LogP contribution in [0.15, 0.2) is 36.5 Å². The highest BCUT2D eigenvalue weighted by atomic mass is 16.5. The normalized spacial score (nSPS) is 11.6. The van der Waals surface area contributed by atoms with Gasteiger partial charge in [-0.1, -0.05) is 0 Å². The molecule has 9 heteroatoms. The third-order valence-corrected chi connectivity index (χ3v) is 3.20. The summed E-state index contributed by atoms with van der Waals surface area (Å²) in [7, 11) is 1.31. The lowest BCUT2D eigenvalue weighted by atomic mass is 10.2. The van der Waals surface area contributed by atoms with E-state index in [9.17, 15) is 14.7 Å². The van der Waals surface area contributed by atoms with Gasteiger partial charge in [-0.25, -0.2) is 4.79 Å². The number of methoxy groups -OCH3 is 1. The average Bonchev–Trinajstić information content (AvgIpc) is 3.04. The largest absolute Gasteiger partial charge is 0.491 e. The summed E-state index contributed by atoms with van der Waals surface area (Å²) >= 11 is 0. The number of nitrogens with two attached hydrogens (primary N) is 1. The lowest BCUT2D eigenvalue weighted by Gasteiger charge is -2.13. The van der Waals surface area contributed by atoms with Crippen molar-refractivity contribution in [2.75, 3.05) is 25.6 Å². The van der Waals surface area contributed by atoms with E-state index < -0.39 is 18.0 Å². The molecule has 2 aromatic rings. The molecule has 1 amide bonds. The van der Waals surface area contributed by atoms with Crippen LogP contribution in [0.2, 0.25) is 0 Å². The van der Waals surface area contributed by atoms with E-state index in [1.165, 1.54) is 11.8 Å². The summed E-state index contributed by atoms with van der Waals surface area (Å²) in [5, 5.41) is 16.9. The van der Waals surface area contributed by atoms with Gasteiger partial charge in [0.25, 0.3) is 0 Å². The van der Waals surface area contributed by atoms with Crippen molar-refractivity contribution in [1.29, 1.82) is 0 Å². The van der Waals surface area contributed by atoms with Crippen LogP contribution in [0.5, 0.6) is 5.75 Å². The Morgan fingerprint density at radius 1 is 1.32 bits per heavy atom. The van der Waals surface area contributed by atoms with E-state index in [-0.39, 0.29) is 19.7 Å². The highest BCUT2D eigenvalue weighted by molar-refractivity contribution is 5.89. The van der Waals surface area contributed by atoms with Crippen LogP contribution in [0, 0.1) is 0 Å². The van der Waals surface area contributed by atoms with Crippen molar-refractivity contribution in [3.8, 4) is 5.75 Å². The zero-order chi connectivity index (χ0) is 18.2. The first-order valence-corrected chi connectivity index (χ1v) is 7.53. The molecule has 0 aliphatic rings. The van der Waals surface area contributed by atoms with Crippen LogP contribution in [0.3, 0.4) is 0 Å². The molecule has 0 spiro atoms. The monoisotopic (exact) mass is 348 g/mol. The predicted octanol–water partition coefficient (Wildman–Crippen LogP) is 0.00680. The molecule has 9 nitrogen and oxygen atoms in total. The van der Waals surface area contributed by atoms with Crippen LogP contribution in [0.1, 0.15) is 10.4 Å². The average molecular weight is 348 g/mol. The van der Waals surface area contributed by atoms with Crippen molar-refractivity contribution in [3.05, 3.63) is 42.1 Å². The molecular weight excluding hydrogens is 328 g/mol. The Morgan fingerprint density at radius 3 is 2.68 bits per heavy atom. The highest BCUT2D eigenvalue weighted by Gasteiger charge is 2.09. The third-order valence-electron chi connectivity index (χ3n) is 3.20. The number of carbonyl (C=O) groups is 2. The van der Waals surface area contributed by atoms with Crippen molar-refractivity contribution in [2.24, 2.45) is 5.73 Å². The summed E-state index contributed by atoms with van der Waals surface area (Å²) in [5.74, 6) is 0.132. The van der Waals surface area contributed by atoms with Gasteiger partial charge in [0.05, 0.1) is 12.7 Å². The minimum absolute atomic E-state index is 0.00505. The number of ether oxygens (including phenoxy) is 2. The van der Waals surface area contributed by atoms with Crippen molar-refractivity contribution in [2.45, 2.75) is 12.6 Å². The molecule has 4 N–H and O–H groups in total. The first-order valence-electron chi connectivity index (χ1n) is 7.53. The Kier molecular flexibility index (Phi) is 6.35. The van der Waals surface area contributed by atoms with Crippen molar-refractivity contribution in [3.63, 3.8) is 0 Å². The summed E-state index contributed by atoms with van der Waals surface area (Å²) in [4.78, 5) is 22.1. The number of primary amides is 1. The molecule has 0 fully saturated rings. The van der Waals surface area contributed by atoms with Gasteiger partial charge in [-0.3, -0.25) is 9.48 Å². The molecule has 2 rings (SSSR count). The number of aliphatic hydroxyl groups excluding tert-OH is 1. The van der Waals surface area contributed by atoms with Gasteiger partial charge in [0.2, 0.25) is 5.91 Å². The Balaban J connectivity index is 1.75. The summed E-state index contributed by atoms with van der Waals surface area (Å²) in [5.41, 5.74) is 5.50. The Bertz CT molecular complexity index is 714. The van der Waals surface area contributed by atoms with E-state index in [1.807, 2.05) is 0 Å². The number of aliphatic hydroxyl groups is 1. The van der Waals surface area contributed by atoms with Gasteiger partial charge in [-0.05, 0) is 24.3 Å². The predicted molar refractivity (Wildman–Crippen MR) is 89.2 cm³/mol. The maximum atomic E-state index is 11.3. The van der Waals surface area contributed by atoms with Crippen LogP contribution in [-0.4, -0.2) is 53.1 Å². The maximum Gasteiger partial charge on any atom is 0.337 e. The zero-order valence-corrected chi connectivity index (χ0v) is 13.7. The molecule has 0 radical (unpaired) electrons. The summed E-state index contributed by atoms with van der Waals surface area (Å²) in [6.45, 7) is 0.273. The van der Waals surface area contributed by atoms with Crippen LogP contribution in [-0.2, 0) is 16.1 Å². The number of nitrogens with zero attached hydrogens (tertiary/aromatic N) is 2. The molecule has 1 unspecified atom stereocenters. The Hall–Kier alpha value is -3.07. The summed E-state index contributed by atoms with van der Waals surface area (Å²) in [6.07, 6.45) is 0.834. The van der Waals surface area contributed by atoms with Crippen LogP contribution in [0.25, 0.3) is 0 Å². The molecule has 0 aliphatic carbocycles. The third kappa shape index (κ3) is 5.81. The molecule has 1 atom stereocenters. The molecule has 1 heterocycles. The topological polar surface area (TPSA) is 129 Å². The summed E-state index contributed by atoms with van der Waals surface area (Å²) in [6, 6.07) is 8.08. The molecule has 0 saturated heterocycles. The quantitative estimate of drug-likeness (QED) is 0.544. The van der Waals surface area contributed by atoms with Gasteiger partial charge >= 0.3 is 5.97 Å². The summed E-state index contributed by atoms with van der Waals surface area (Å²) < 4.78 is 11.5. The highest BCUT2D eigenvalue weighted by Crippen LogP contribution is 2.13. The van der Waals surface area contributed by atoms with Gasteiger partial charge in [0, 0.05) is 18.8 Å². The van der Waals surface area contributed by atoms with Gasteiger partial charge in [0.1, 0.15) is 30.8 Å². The number of esters is 1. The van der Waals surface area contributed by atoms with Gasteiger partial charge in [-0.15, -0.1) is 0 Å². The fraction of sp³-hybridized carbons (Fsp3) is 0.312. The second-order valence-electron chi connectivity index (χ2n) is 5.23.